The standard InChI is InChI=1S/C15H14N2O4/c1-10-2-4-12(5-3-10)21-9-14(18)17-13-8-11(15(19)20)6-7-16-13/h2-8H,9H2,1H3,(H,19,20)(H,16,17,18). The minimum atomic E-state index is -1.08. The van der Waals surface area contributed by atoms with E-state index in [2.05, 4.69) is 10.3 Å². The van der Waals surface area contributed by atoms with E-state index in [-0.39, 0.29) is 18.0 Å². The summed E-state index contributed by atoms with van der Waals surface area (Å²) in [5.41, 5.74) is 1.15. The summed E-state index contributed by atoms with van der Waals surface area (Å²) in [5.74, 6) is -0.732. The summed E-state index contributed by atoms with van der Waals surface area (Å²) in [5, 5.41) is 11.3. The molecule has 0 spiro atoms. The number of ether oxygens (including phenoxy) is 1. The maximum absolute atomic E-state index is 11.7. The average Bonchev–Trinajstić information content (AvgIpc) is 2.47. The lowest BCUT2D eigenvalue weighted by Gasteiger charge is -2.07. The minimum Gasteiger partial charge on any atom is -0.484 e. The Bertz CT molecular complexity index is 653. The quantitative estimate of drug-likeness (QED) is 0.878. The van der Waals surface area contributed by atoms with Crippen molar-refractivity contribution in [3.8, 4) is 5.75 Å². The number of carboxylic acids is 1. The Morgan fingerprint density at radius 2 is 1.95 bits per heavy atom. The van der Waals surface area contributed by atoms with Gasteiger partial charge >= 0.3 is 5.97 Å². The molecule has 2 rings (SSSR count). The molecule has 6 nitrogen and oxygen atoms in total. The molecule has 0 aliphatic carbocycles. The SMILES string of the molecule is Cc1ccc(OCC(=O)Nc2cc(C(=O)O)ccn2)cc1. The van der Waals surface area contributed by atoms with E-state index >= 15 is 0 Å². The van der Waals surface area contributed by atoms with Crippen molar-refractivity contribution in [1.82, 2.24) is 4.98 Å². The third-order valence-corrected chi connectivity index (χ3v) is 2.67. The summed E-state index contributed by atoms with van der Waals surface area (Å²) in [7, 11) is 0. The number of hydrogen-bond acceptors (Lipinski definition) is 4. The number of anilines is 1. The number of carboxylic acid groups (broad SMARTS) is 1. The van der Waals surface area contributed by atoms with Crippen LogP contribution in [-0.4, -0.2) is 28.6 Å². The summed E-state index contributed by atoms with van der Waals surface area (Å²) in [4.78, 5) is 26.4. The largest absolute Gasteiger partial charge is 0.484 e. The Hall–Kier alpha value is -2.89. The zero-order valence-electron chi connectivity index (χ0n) is 11.4. The number of aromatic carboxylic acids is 1. The zero-order chi connectivity index (χ0) is 15.2. The lowest BCUT2D eigenvalue weighted by atomic mass is 10.2. The molecule has 2 N–H and O–H groups in total. The van der Waals surface area contributed by atoms with E-state index in [0.29, 0.717) is 5.75 Å². The molecule has 0 unspecified atom stereocenters. The van der Waals surface area contributed by atoms with Crippen LogP contribution >= 0.6 is 0 Å². The number of carbonyl (C=O) groups excluding carboxylic acids is 1. The first-order valence-electron chi connectivity index (χ1n) is 6.23. The van der Waals surface area contributed by atoms with Crippen LogP contribution in [0.25, 0.3) is 0 Å². The smallest absolute Gasteiger partial charge is 0.335 e. The summed E-state index contributed by atoms with van der Waals surface area (Å²) in [6.07, 6.45) is 1.32. The fraction of sp³-hybridized carbons (Fsp3) is 0.133. The summed E-state index contributed by atoms with van der Waals surface area (Å²) < 4.78 is 5.32. The molecule has 0 aliphatic heterocycles. The van der Waals surface area contributed by atoms with Gasteiger partial charge in [0.25, 0.3) is 5.91 Å². The van der Waals surface area contributed by atoms with E-state index in [1.807, 2.05) is 19.1 Å². The number of aryl methyl sites for hydroxylation is 1. The molecule has 0 radical (unpaired) electrons. The monoisotopic (exact) mass is 286 g/mol. The van der Waals surface area contributed by atoms with Crippen molar-refractivity contribution in [1.29, 1.82) is 0 Å². The van der Waals surface area contributed by atoms with Gasteiger partial charge in [-0.05, 0) is 31.2 Å². The highest BCUT2D eigenvalue weighted by molar-refractivity contribution is 5.93. The molecule has 0 atom stereocenters. The number of benzene rings is 1. The van der Waals surface area contributed by atoms with Crippen molar-refractivity contribution < 1.29 is 19.4 Å². The first-order valence-corrected chi connectivity index (χ1v) is 6.23. The van der Waals surface area contributed by atoms with Gasteiger partial charge in [-0.2, -0.15) is 0 Å². The first-order chi connectivity index (χ1) is 10.0. The van der Waals surface area contributed by atoms with Crippen LogP contribution in [0.15, 0.2) is 42.6 Å². The second kappa shape index (κ2) is 6.51. The molecule has 6 heteroatoms. The number of carbonyl (C=O) groups is 2. The van der Waals surface area contributed by atoms with Crippen molar-refractivity contribution >= 4 is 17.7 Å². The number of pyridine rings is 1. The molecule has 2 aromatic rings. The highest BCUT2D eigenvalue weighted by atomic mass is 16.5. The highest BCUT2D eigenvalue weighted by Gasteiger charge is 2.08. The molecule has 21 heavy (non-hydrogen) atoms. The molecular weight excluding hydrogens is 272 g/mol. The third kappa shape index (κ3) is 4.31. The average molecular weight is 286 g/mol. The Kier molecular flexibility index (Phi) is 4.50. The van der Waals surface area contributed by atoms with Gasteiger partial charge in [-0.1, -0.05) is 17.7 Å². The van der Waals surface area contributed by atoms with E-state index in [1.54, 1.807) is 12.1 Å². The lowest BCUT2D eigenvalue weighted by Crippen LogP contribution is -2.21. The van der Waals surface area contributed by atoms with Gasteiger partial charge in [-0.15, -0.1) is 0 Å². The van der Waals surface area contributed by atoms with Crippen LogP contribution in [0.4, 0.5) is 5.82 Å². The Balaban J connectivity index is 1.91. The Labute approximate surface area is 121 Å². The van der Waals surface area contributed by atoms with E-state index in [4.69, 9.17) is 9.84 Å². The molecule has 0 bridgehead atoms. The fourth-order valence-corrected chi connectivity index (χ4v) is 1.59. The number of aromatic nitrogens is 1. The van der Waals surface area contributed by atoms with Crippen LogP contribution in [0.5, 0.6) is 5.75 Å². The van der Waals surface area contributed by atoms with Crippen LogP contribution in [-0.2, 0) is 4.79 Å². The van der Waals surface area contributed by atoms with Gasteiger partial charge in [0.2, 0.25) is 0 Å². The molecular formula is C15H14N2O4. The number of hydrogen-bond donors (Lipinski definition) is 2. The zero-order valence-corrected chi connectivity index (χ0v) is 11.4. The highest BCUT2D eigenvalue weighted by Crippen LogP contribution is 2.11. The minimum absolute atomic E-state index is 0.0553. The molecule has 1 aromatic carbocycles. The predicted molar refractivity (Wildman–Crippen MR) is 76.5 cm³/mol. The maximum atomic E-state index is 11.7. The van der Waals surface area contributed by atoms with Gasteiger partial charge in [0, 0.05) is 6.20 Å². The van der Waals surface area contributed by atoms with E-state index in [1.165, 1.54) is 18.3 Å². The van der Waals surface area contributed by atoms with Gasteiger partial charge in [0.1, 0.15) is 11.6 Å². The lowest BCUT2D eigenvalue weighted by molar-refractivity contribution is -0.118. The summed E-state index contributed by atoms with van der Waals surface area (Å²) in [6.45, 7) is 1.78. The third-order valence-electron chi connectivity index (χ3n) is 2.67. The van der Waals surface area contributed by atoms with Crippen molar-refractivity contribution in [2.45, 2.75) is 6.92 Å². The summed E-state index contributed by atoms with van der Waals surface area (Å²) in [6, 6.07) is 9.93. The van der Waals surface area contributed by atoms with Crippen molar-refractivity contribution in [2.24, 2.45) is 0 Å². The molecule has 0 aliphatic rings. The van der Waals surface area contributed by atoms with Crippen molar-refractivity contribution in [2.75, 3.05) is 11.9 Å². The van der Waals surface area contributed by atoms with E-state index in [9.17, 15) is 9.59 Å². The molecule has 1 heterocycles. The second-order valence-corrected chi connectivity index (χ2v) is 4.38. The van der Waals surface area contributed by atoms with Crippen LogP contribution in [0, 0.1) is 6.92 Å². The van der Waals surface area contributed by atoms with Crippen LogP contribution in [0.3, 0.4) is 0 Å². The number of nitrogens with one attached hydrogen (secondary N) is 1. The first kappa shape index (κ1) is 14.5. The fourth-order valence-electron chi connectivity index (χ4n) is 1.59. The number of nitrogens with zero attached hydrogens (tertiary/aromatic N) is 1. The molecule has 108 valence electrons. The molecule has 0 fully saturated rings. The summed E-state index contributed by atoms with van der Waals surface area (Å²) >= 11 is 0. The van der Waals surface area contributed by atoms with Crippen molar-refractivity contribution in [3.05, 3.63) is 53.7 Å². The molecule has 1 aromatic heterocycles. The van der Waals surface area contributed by atoms with Crippen molar-refractivity contribution in [3.63, 3.8) is 0 Å². The Morgan fingerprint density at radius 3 is 2.62 bits per heavy atom. The van der Waals surface area contributed by atoms with Gasteiger partial charge in [0.05, 0.1) is 5.56 Å². The van der Waals surface area contributed by atoms with Gasteiger partial charge in [-0.25, -0.2) is 9.78 Å². The maximum Gasteiger partial charge on any atom is 0.335 e. The van der Waals surface area contributed by atoms with E-state index in [0.717, 1.165) is 5.56 Å². The topological polar surface area (TPSA) is 88.5 Å². The van der Waals surface area contributed by atoms with E-state index < -0.39 is 11.9 Å². The normalized spacial score (nSPS) is 9.95. The second-order valence-electron chi connectivity index (χ2n) is 4.38. The molecule has 1 amide bonds. The van der Waals surface area contributed by atoms with Gasteiger partial charge in [0.15, 0.2) is 6.61 Å². The molecule has 0 saturated carbocycles. The van der Waals surface area contributed by atoms with Crippen LogP contribution in [0.2, 0.25) is 0 Å². The van der Waals surface area contributed by atoms with Crippen LogP contribution < -0.4 is 10.1 Å². The van der Waals surface area contributed by atoms with Gasteiger partial charge in [-0.3, -0.25) is 4.79 Å². The van der Waals surface area contributed by atoms with Gasteiger partial charge < -0.3 is 15.2 Å². The molecule has 0 saturated heterocycles. The Morgan fingerprint density at radius 1 is 1.24 bits per heavy atom. The van der Waals surface area contributed by atoms with Crippen LogP contribution in [0.1, 0.15) is 15.9 Å². The number of amides is 1. The number of rotatable bonds is 5. The predicted octanol–water partition coefficient (Wildman–Crippen LogP) is 2.11.